The minimum atomic E-state index is -0.974. The van der Waals surface area contributed by atoms with Gasteiger partial charge in [0.25, 0.3) is 0 Å². The first kappa shape index (κ1) is 17.5. The van der Waals surface area contributed by atoms with Gasteiger partial charge < -0.3 is 5.11 Å². The third-order valence-electron chi connectivity index (χ3n) is 4.92. The molecule has 0 saturated heterocycles. The summed E-state index contributed by atoms with van der Waals surface area (Å²) in [5, 5.41) is 9.16. The summed E-state index contributed by atoms with van der Waals surface area (Å²) in [4.78, 5) is 35.1. The fourth-order valence-electron chi connectivity index (χ4n) is 3.47. The molecule has 0 aromatic carbocycles. The van der Waals surface area contributed by atoms with Crippen LogP contribution in [0.5, 0.6) is 0 Å². The Balaban J connectivity index is 1.71. The highest BCUT2D eigenvalue weighted by atomic mass is 16.4. The molecule has 0 aromatic heterocycles. The Morgan fingerprint density at radius 2 is 1.61 bits per heavy atom. The van der Waals surface area contributed by atoms with Crippen molar-refractivity contribution in [1.82, 2.24) is 10.9 Å². The van der Waals surface area contributed by atoms with Gasteiger partial charge in [0, 0.05) is 6.42 Å². The summed E-state index contributed by atoms with van der Waals surface area (Å²) in [6, 6.07) is 0. The topological polar surface area (TPSA) is 95.5 Å². The minimum absolute atomic E-state index is 0.206. The van der Waals surface area contributed by atoms with Gasteiger partial charge in [0.2, 0.25) is 11.8 Å². The third kappa shape index (κ3) is 5.37. The predicted octanol–water partition coefficient (Wildman–Crippen LogP) is 2.16. The number of allylic oxidation sites excluding steroid dienone is 2. The largest absolute Gasteiger partial charge is 0.481 e. The maximum Gasteiger partial charge on any atom is 0.307 e. The van der Waals surface area contributed by atoms with Crippen LogP contribution >= 0.6 is 0 Å². The minimum Gasteiger partial charge on any atom is -0.481 e. The number of carbonyl (C=O) groups is 3. The van der Waals surface area contributed by atoms with Crippen LogP contribution < -0.4 is 10.9 Å². The fraction of sp³-hybridized carbons (Fsp3) is 0.706. The van der Waals surface area contributed by atoms with Crippen LogP contribution in [-0.4, -0.2) is 22.9 Å². The Morgan fingerprint density at radius 3 is 2.26 bits per heavy atom. The van der Waals surface area contributed by atoms with E-state index in [4.69, 9.17) is 5.11 Å². The Hall–Kier alpha value is -1.85. The number of amides is 2. The maximum atomic E-state index is 12.1. The first-order valence-corrected chi connectivity index (χ1v) is 8.54. The average molecular weight is 322 g/mol. The number of aliphatic carboxylic acids is 1. The third-order valence-corrected chi connectivity index (χ3v) is 4.92. The molecule has 0 spiro atoms. The number of carboxylic acid groups (broad SMARTS) is 1. The lowest BCUT2D eigenvalue weighted by atomic mass is 9.82. The highest BCUT2D eigenvalue weighted by molar-refractivity contribution is 5.87. The number of rotatable bonds is 5. The fourth-order valence-corrected chi connectivity index (χ4v) is 3.47. The predicted molar refractivity (Wildman–Crippen MR) is 85.1 cm³/mol. The first-order chi connectivity index (χ1) is 11.1. The quantitative estimate of drug-likeness (QED) is 0.534. The molecule has 2 amide bonds. The number of nitrogens with one attached hydrogen (secondary N) is 2. The van der Waals surface area contributed by atoms with E-state index < -0.39 is 23.7 Å². The molecule has 0 heterocycles. The average Bonchev–Trinajstić information content (AvgIpc) is 2.58. The van der Waals surface area contributed by atoms with Crippen LogP contribution in [0.15, 0.2) is 12.2 Å². The first-order valence-electron chi connectivity index (χ1n) is 8.54. The van der Waals surface area contributed by atoms with Crippen molar-refractivity contribution in [3.8, 4) is 0 Å². The van der Waals surface area contributed by atoms with Crippen molar-refractivity contribution < 1.29 is 19.5 Å². The monoisotopic (exact) mass is 322 g/mol. The van der Waals surface area contributed by atoms with Gasteiger partial charge in [0.15, 0.2) is 0 Å². The second kappa shape index (κ2) is 8.70. The van der Waals surface area contributed by atoms with Crippen LogP contribution in [-0.2, 0) is 14.4 Å². The molecular weight excluding hydrogens is 296 g/mol. The molecule has 2 atom stereocenters. The van der Waals surface area contributed by atoms with Gasteiger partial charge in [0.1, 0.15) is 0 Å². The summed E-state index contributed by atoms with van der Waals surface area (Å²) < 4.78 is 0. The normalized spacial score (nSPS) is 24.9. The standard InChI is InChI=1S/C17H26N2O4/c20-15(11-10-12-6-2-1-3-7-12)18-19-16(21)13-8-4-5-9-14(13)17(22)23/h4-5,12-14H,1-3,6-11H2,(H,18,20)(H,19,21)(H,22,23)/t13-,14-/m0/s1. The van der Waals surface area contributed by atoms with Gasteiger partial charge in [-0.3, -0.25) is 25.2 Å². The van der Waals surface area contributed by atoms with Crippen LogP contribution in [0.2, 0.25) is 0 Å². The molecule has 0 aromatic rings. The molecule has 128 valence electrons. The molecule has 1 fully saturated rings. The molecule has 2 aliphatic carbocycles. The van der Waals surface area contributed by atoms with Gasteiger partial charge in [-0.05, 0) is 25.2 Å². The molecule has 0 aliphatic heterocycles. The van der Waals surface area contributed by atoms with Crippen molar-refractivity contribution in [1.29, 1.82) is 0 Å². The summed E-state index contributed by atoms with van der Waals surface area (Å²) in [6.07, 6.45) is 11.7. The molecule has 2 aliphatic rings. The van der Waals surface area contributed by atoms with Gasteiger partial charge >= 0.3 is 5.97 Å². The van der Waals surface area contributed by atoms with E-state index in [2.05, 4.69) is 10.9 Å². The number of carboxylic acids is 1. The number of carbonyl (C=O) groups excluding carboxylic acids is 2. The van der Waals surface area contributed by atoms with E-state index in [0.717, 1.165) is 6.42 Å². The second-order valence-electron chi connectivity index (χ2n) is 6.57. The van der Waals surface area contributed by atoms with Crippen LogP contribution in [0.1, 0.15) is 57.8 Å². The summed E-state index contributed by atoms with van der Waals surface area (Å²) in [7, 11) is 0. The zero-order chi connectivity index (χ0) is 16.7. The van der Waals surface area contributed by atoms with E-state index >= 15 is 0 Å². The van der Waals surface area contributed by atoms with Crippen molar-refractivity contribution in [2.45, 2.75) is 57.8 Å². The Morgan fingerprint density at radius 1 is 0.957 bits per heavy atom. The smallest absolute Gasteiger partial charge is 0.307 e. The Labute approximate surface area is 136 Å². The lowest BCUT2D eigenvalue weighted by Crippen LogP contribution is -2.47. The lowest BCUT2D eigenvalue weighted by Gasteiger charge is -2.24. The van der Waals surface area contributed by atoms with E-state index in [0.29, 0.717) is 25.2 Å². The van der Waals surface area contributed by atoms with Gasteiger partial charge in [-0.15, -0.1) is 0 Å². The van der Waals surface area contributed by atoms with Crippen LogP contribution in [0.4, 0.5) is 0 Å². The van der Waals surface area contributed by atoms with E-state index in [1.54, 1.807) is 6.08 Å². The Bertz CT molecular complexity index is 469. The number of hydrogen-bond donors (Lipinski definition) is 3. The highest BCUT2D eigenvalue weighted by Gasteiger charge is 2.34. The van der Waals surface area contributed by atoms with Crippen LogP contribution in [0, 0.1) is 17.8 Å². The molecule has 0 bridgehead atoms. The molecule has 3 N–H and O–H groups in total. The molecule has 1 saturated carbocycles. The number of hydrazine groups is 1. The summed E-state index contributed by atoms with van der Waals surface area (Å²) >= 11 is 0. The molecule has 6 heteroatoms. The van der Waals surface area contributed by atoms with Crippen molar-refractivity contribution in [2.75, 3.05) is 0 Å². The summed E-state index contributed by atoms with van der Waals surface area (Å²) in [6.45, 7) is 0. The SMILES string of the molecule is O=C(CCC1CCCCC1)NNC(=O)[C@H]1CC=CC[C@@H]1C(=O)O. The van der Waals surface area contributed by atoms with E-state index in [1.165, 1.54) is 32.1 Å². The lowest BCUT2D eigenvalue weighted by molar-refractivity contribution is -0.147. The van der Waals surface area contributed by atoms with Crippen LogP contribution in [0.3, 0.4) is 0 Å². The molecule has 2 rings (SSSR count). The maximum absolute atomic E-state index is 12.1. The van der Waals surface area contributed by atoms with Crippen molar-refractivity contribution >= 4 is 17.8 Å². The molecule has 23 heavy (non-hydrogen) atoms. The molecule has 6 nitrogen and oxygen atoms in total. The van der Waals surface area contributed by atoms with Gasteiger partial charge in [-0.25, -0.2) is 0 Å². The van der Waals surface area contributed by atoms with Gasteiger partial charge in [0.05, 0.1) is 11.8 Å². The summed E-state index contributed by atoms with van der Waals surface area (Å²) in [5.74, 6) is -2.34. The molecule has 0 radical (unpaired) electrons. The van der Waals surface area contributed by atoms with Crippen molar-refractivity contribution in [2.24, 2.45) is 17.8 Å². The van der Waals surface area contributed by atoms with Crippen LogP contribution in [0.25, 0.3) is 0 Å². The number of hydrogen-bond acceptors (Lipinski definition) is 3. The highest BCUT2D eigenvalue weighted by Crippen LogP contribution is 2.27. The summed E-state index contributed by atoms with van der Waals surface area (Å²) in [5.41, 5.74) is 4.81. The van der Waals surface area contributed by atoms with E-state index in [-0.39, 0.29) is 5.91 Å². The molecular formula is C17H26N2O4. The van der Waals surface area contributed by atoms with Gasteiger partial charge in [-0.1, -0.05) is 44.3 Å². The van der Waals surface area contributed by atoms with Crippen molar-refractivity contribution in [3.05, 3.63) is 12.2 Å². The van der Waals surface area contributed by atoms with E-state index in [9.17, 15) is 14.4 Å². The zero-order valence-electron chi connectivity index (χ0n) is 13.4. The van der Waals surface area contributed by atoms with Gasteiger partial charge in [-0.2, -0.15) is 0 Å². The molecule has 0 unspecified atom stereocenters. The van der Waals surface area contributed by atoms with E-state index in [1.807, 2.05) is 6.08 Å². The second-order valence-corrected chi connectivity index (χ2v) is 6.57. The van der Waals surface area contributed by atoms with Crippen molar-refractivity contribution in [3.63, 3.8) is 0 Å². The Kier molecular flexibility index (Phi) is 6.62. The zero-order valence-corrected chi connectivity index (χ0v) is 13.4.